The highest BCUT2D eigenvalue weighted by Gasteiger charge is 2.19. The van der Waals surface area contributed by atoms with Gasteiger partial charge in [-0.3, -0.25) is 14.4 Å². The first kappa shape index (κ1) is 66.6. The first-order valence-corrected chi connectivity index (χ1v) is 29.6. The number of carbonyl (C=O) groups excluding carboxylic acids is 3. The molecule has 0 heterocycles. The van der Waals surface area contributed by atoms with Gasteiger partial charge in [0.1, 0.15) is 13.2 Å². The molecule has 0 N–H and O–H groups in total. The van der Waals surface area contributed by atoms with E-state index in [9.17, 15) is 14.4 Å². The fourth-order valence-electron chi connectivity index (χ4n) is 8.16. The van der Waals surface area contributed by atoms with Crippen LogP contribution in [-0.2, 0) is 28.6 Å². The van der Waals surface area contributed by atoms with Crippen molar-refractivity contribution in [2.75, 3.05) is 13.2 Å². The van der Waals surface area contributed by atoms with Crippen molar-refractivity contribution in [3.8, 4) is 0 Å². The zero-order valence-corrected chi connectivity index (χ0v) is 46.0. The SMILES string of the molecule is CC/C=C\C/C=C\C/C=C\C/C=C\C/C=C\CCCCCCCCCC(=O)OCC(COC(=O)CCCCCCC/C=C\CCCCCC)OC(=O)CCCCCCC/C=C\CCCCCCCCC. The standard InChI is InChI=1S/C64H110O6/c1-4-7-10-13-16-19-22-25-27-29-30-31-32-33-34-35-37-39-42-45-48-51-54-57-63(66)69-60-61(59-68-62(65)56-53-50-47-44-41-38-24-21-18-15-12-9-6-3)70-64(67)58-55-52-49-46-43-40-36-28-26-23-20-17-14-11-8-5-2/h7,10,16,19,21,24-25,27-28,30-31,33-34,36,61H,4-6,8-9,11-15,17-18,20,22-23,26,29,32,35,37-60H2,1-3H3/b10-7-,19-16-,24-21-,27-25-,31-30-,34-33-,36-28-. The highest BCUT2D eigenvalue weighted by atomic mass is 16.6. The minimum atomic E-state index is -0.789. The van der Waals surface area contributed by atoms with Gasteiger partial charge in [-0.05, 0) is 116 Å². The molecule has 6 heteroatoms. The summed E-state index contributed by atoms with van der Waals surface area (Å²) in [5.41, 5.74) is 0. The van der Waals surface area contributed by atoms with Crippen molar-refractivity contribution in [2.24, 2.45) is 0 Å². The summed E-state index contributed by atoms with van der Waals surface area (Å²) >= 11 is 0. The molecule has 70 heavy (non-hydrogen) atoms. The molecular weight excluding hydrogens is 865 g/mol. The second kappa shape index (κ2) is 58.2. The molecule has 0 aromatic rings. The van der Waals surface area contributed by atoms with Gasteiger partial charge in [-0.15, -0.1) is 0 Å². The van der Waals surface area contributed by atoms with Crippen molar-refractivity contribution in [3.63, 3.8) is 0 Å². The first-order chi connectivity index (χ1) is 34.5. The zero-order chi connectivity index (χ0) is 50.7. The van der Waals surface area contributed by atoms with Crippen molar-refractivity contribution < 1.29 is 28.6 Å². The van der Waals surface area contributed by atoms with Crippen molar-refractivity contribution >= 4 is 17.9 Å². The Hall–Kier alpha value is -3.41. The highest BCUT2D eigenvalue weighted by molar-refractivity contribution is 5.71. The van der Waals surface area contributed by atoms with E-state index in [0.29, 0.717) is 19.3 Å². The van der Waals surface area contributed by atoms with E-state index in [0.717, 1.165) is 116 Å². The number of unbranched alkanes of at least 4 members (excludes halogenated alkanes) is 28. The van der Waals surface area contributed by atoms with E-state index >= 15 is 0 Å². The minimum absolute atomic E-state index is 0.0871. The van der Waals surface area contributed by atoms with Crippen LogP contribution in [0.1, 0.15) is 284 Å². The quantitative estimate of drug-likeness (QED) is 0.0261. The van der Waals surface area contributed by atoms with Gasteiger partial charge in [0.2, 0.25) is 0 Å². The first-order valence-electron chi connectivity index (χ1n) is 29.6. The van der Waals surface area contributed by atoms with Gasteiger partial charge >= 0.3 is 17.9 Å². The lowest BCUT2D eigenvalue weighted by Crippen LogP contribution is -2.30. The summed E-state index contributed by atoms with van der Waals surface area (Å²) in [6.45, 7) is 6.50. The summed E-state index contributed by atoms with van der Waals surface area (Å²) in [5.74, 6) is -0.908. The van der Waals surface area contributed by atoms with E-state index in [4.69, 9.17) is 14.2 Å². The maximum absolute atomic E-state index is 12.9. The molecule has 0 bridgehead atoms. The molecule has 0 saturated carbocycles. The summed E-state index contributed by atoms with van der Waals surface area (Å²) in [6.07, 6.45) is 75.7. The van der Waals surface area contributed by atoms with Gasteiger partial charge in [0.05, 0.1) is 0 Å². The monoisotopic (exact) mass is 975 g/mol. The molecule has 1 atom stereocenters. The zero-order valence-electron chi connectivity index (χ0n) is 46.0. The van der Waals surface area contributed by atoms with Gasteiger partial charge in [0, 0.05) is 19.3 Å². The highest BCUT2D eigenvalue weighted by Crippen LogP contribution is 2.15. The Morgan fingerprint density at radius 2 is 0.557 bits per heavy atom. The van der Waals surface area contributed by atoms with Crippen molar-refractivity contribution in [1.29, 1.82) is 0 Å². The van der Waals surface area contributed by atoms with Crippen LogP contribution < -0.4 is 0 Å². The molecule has 1 unspecified atom stereocenters. The van der Waals surface area contributed by atoms with Gasteiger partial charge in [-0.25, -0.2) is 0 Å². The molecule has 0 aromatic heterocycles. The third-order valence-corrected chi connectivity index (χ3v) is 12.6. The van der Waals surface area contributed by atoms with Crippen LogP contribution in [0.5, 0.6) is 0 Å². The van der Waals surface area contributed by atoms with Gasteiger partial charge in [-0.1, -0.05) is 234 Å². The third kappa shape index (κ3) is 55.5. The van der Waals surface area contributed by atoms with Crippen LogP contribution in [0.2, 0.25) is 0 Å². The van der Waals surface area contributed by atoms with Crippen LogP contribution in [0.15, 0.2) is 85.1 Å². The predicted octanol–water partition coefficient (Wildman–Crippen LogP) is 19.9. The van der Waals surface area contributed by atoms with Crippen LogP contribution in [0.25, 0.3) is 0 Å². The Bertz CT molecular complexity index is 1350. The van der Waals surface area contributed by atoms with Crippen molar-refractivity contribution in [1.82, 2.24) is 0 Å². The number of rotatable bonds is 53. The maximum atomic E-state index is 12.9. The molecule has 0 radical (unpaired) electrons. The van der Waals surface area contributed by atoms with Gasteiger partial charge in [0.15, 0.2) is 6.10 Å². The van der Waals surface area contributed by atoms with E-state index in [-0.39, 0.29) is 31.1 Å². The molecule has 6 nitrogen and oxygen atoms in total. The Morgan fingerprint density at radius 3 is 0.900 bits per heavy atom. The molecule has 0 fully saturated rings. The van der Waals surface area contributed by atoms with Crippen LogP contribution in [0.4, 0.5) is 0 Å². The second-order valence-corrected chi connectivity index (χ2v) is 19.5. The number of allylic oxidation sites excluding steroid dienone is 14. The molecular formula is C64H110O6. The minimum Gasteiger partial charge on any atom is -0.462 e. The lowest BCUT2D eigenvalue weighted by Gasteiger charge is -2.18. The molecule has 0 aliphatic heterocycles. The second-order valence-electron chi connectivity index (χ2n) is 19.5. The van der Waals surface area contributed by atoms with Crippen molar-refractivity contribution in [3.05, 3.63) is 85.1 Å². The average Bonchev–Trinajstić information content (AvgIpc) is 3.36. The van der Waals surface area contributed by atoms with E-state index in [1.807, 2.05) is 0 Å². The maximum Gasteiger partial charge on any atom is 0.306 e. The fraction of sp³-hybridized carbons (Fsp3) is 0.734. The molecule has 402 valence electrons. The summed E-state index contributed by atoms with van der Waals surface area (Å²) in [4.78, 5) is 38.2. The largest absolute Gasteiger partial charge is 0.462 e. The van der Waals surface area contributed by atoms with E-state index in [2.05, 4.69) is 106 Å². The molecule has 0 aliphatic rings. The van der Waals surface area contributed by atoms with Gasteiger partial charge < -0.3 is 14.2 Å². The normalized spacial score (nSPS) is 12.7. The van der Waals surface area contributed by atoms with Crippen LogP contribution >= 0.6 is 0 Å². The lowest BCUT2D eigenvalue weighted by molar-refractivity contribution is -0.167. The summed E-state index contributed by atoms with van der Waals surface area (Å²) < 4.78 is 16.9. The molecule has 0 amide bonds. The molecule has 0 aromatic carbocycles. The molecule has 0 spiro atoms. The fourth-order valence-corrected chi connectivity index (χ4v) is 8.16. The van der Waals surface area contributed by atoms with E-state index in [1.54, 1.807) is 0 Å². The number of hydrogen-bond donors (Lipinski definition) is 0. The smallest absolute Gasteiger partial charge is 0.306 e. The Labute approximate surface area is 433 Å². The number of ether oxygens (including phenoxy) is 3. The molecule has 0 aliphatic carbocycles. The Balaban J connectivity index is 4.38. The van der Waals surface area contributed by atoms with Crippen LogP contribution in [0, 0.1) is 0 Å². The predicted molar refractivity (Wildman–Crippen MR) is 302 cm³/mol. The van der Waals surface area contributed by atoms with E-state index in [1.165, 1.54) is 128 Å². The van der Waals surface area contributed by atoms with Crippen LogP contribution in [0.3, 0.4) is 0 Å². The Morgan fingerprint density at radius 1 is 0.300 bits per heavy atom. The summed E-state index contributed by atoms with van der Waals surface area (Å²) in [5, 5.41) is 0. The number of esters is 3. The van der Waals surface area contributed by atoms with Gasteiger partial charge in [0.25, 0.3) is 0 Å². The van der Waals surface area contributed by atoms with Crippen LogP contribution in [-0.4, -0.2) is 37.2 Å². The van der Waals surface area contributed by atoms with Gasteiger partial charge in [-0.2, -0.15) is 0 Å². The molecule has 0 saturated heterocycles. The summed E-state index contributed by atoms with van der Waals surface area (Å²) in [7, 11) is 0. The number of hydrogen-bond acceptors (Lipinski definition) is 6. The Kier molecular flexibility index (Phi) is 55.3. The summed E-state index contributed by atoms with van der Waals surface area (Å²) in [6, 6.07) is 0. The average molecular weight is 976 g/mol. The van der Waals surface area contributed by atoms with Crippen molar-refractivity contribution in [2.45, 2.75) is 290 Å². The van der Waals surface area contributed by atoms with E-state index < -0.39 is 6.10 Å². The lowest BCUT2D eigenvalue weighted by atomic mass is 10.1. The third-order valence-electron chi connectivity index (χ3n) is 12.6. The number of carbonyl (C=O) groups is 3. The topological polar surface area (TPSA) is 78.9 Å². The molecule has 0 rings (SSSR count).